The van der Waals surface area contributed by atoms with Gasteiger partial charge in [0, 0.05) is 46.8 Å². The molecule has 2 heterocycles. The summed E-state index contributed by atoms with van der Waals surface area (Å²) in [5.74, 6) is 6.78. The molecule has 1 aliphatic heterocycles. The Balaban J connectivity index is 2.05. The molecule has 3 N–H and O–H groups in total. The monoisotopic (exact) mass is 325 g/mol. The Bertz CT molecular complexity index is 668. The molecule has 0 atom stereocenters. The van der Waals surface area contributed by atoms with Gasteiger partial charge < -0.3 is 0 Å². The average Bonchev–Trinajstić information content (AvgIpc) is 2.87. The third-order valence-electron chi connectivity index (χ3n) is 3.59. The zero-order valence-corrected chi connectivity index (χ0v) is 13.0. The van der Waals surface area contributed by atoms with Crippen LogP contribution in [0.15, 0.2) is 18.2 Å². The SMILES string of the molecule is NNC(=O)c1sc2cccc(F)c2c1CN1CCSCC1. The summed E-state index contributed by atoms with van der Waals surface area (Å²) in [4.78, 5) is 14.8. The number of thioether (sulfide) groups is 1. The number of hydrogen-bond acceptors (Lipinski definition) is 5. The summed E-state index contributed by atoms with van der Waals surface area (Å²) in [7, 11) is 0. The third kappa shape index (κ3) is 2.91. The maximum atomic E-state index is 14.2. The van der Waals surface area contributed by atoms with Crippen LogP contribution >= 0.6 is 23.1 Å². The summed E-state index contributed by atoms with van der Waals surface area (Å²) in [6, 6.07) is 4.94. The number of rotatable bonds is 3. The van der Waals surface area contributed by atoms with Crippen molar-refractivity contribution < 1.29 is 9.18 Å². The molecule has 0 spiro atoms. The van der Waals surface area contributed by atoms with Gasteiger partial charge >= 0.3 is 0 Å². The molecule has 1 fully saturated rings. The number of fused-ring (bicyclic) bond motifs is 1. The molecule has 1 aromatic carbocycles. The van der Waals surface area contributed by atoms with Crippen LogP contribution in [-0.4, -0.2) is 35.4 Å². The van der Waals surface area contributed by atoms with Gasteiger partial charge in [-0.25, -0.2) is 10.2 Å². The molecule has 4 nitrogen and oxygen atoms in total. The van der Waals surface area contributed by atoms with Gasteiger partial charge in [-0.05, 0) is 12.1 Å². The first-order valence-electron chi connectivity index (χ1n) is 6.71. The van der Waals surface area contributed by atoms with E-state index in [2.05, 4.69) is 10.3 Å². The van der Waals surface area contributed by atoms with Crippen molar-refractivity contribution in [3.8, 4) is 0 Å². The summed E-state index contributed by atoms with van der Waals surface area (Å²) in [6.07, 6.45) is 0. The summed E-state index contributed by atoms with van der Waals surface area (Å²) >= 11 is 3.22. The lowest BCUT2D eigenvalue weighted by Gasteiger charge is -2.26. The van der Waals surface area contributed by atoms with E-state index >= 15 is 0 Å². The number of halogens is 1. The number of nitrogens with two attached hydrogens (primary N) is 1. The second-order valence-corrected chi connectivity index (χ2v) is 7.16. The maximum absolute atomic E-state index is 14.2. The van der Waals surface area contributed by atoms with Crippen LogP contribution in [0.1, 0.15) is 15.2 Å². The van der Waals surface area contributed by atoms with E-state index in [1.165, 1.54) is 17.4 Å². The van der Waals surface area contributed by atoms with Crippen molar-refractivity contribution in [2.24, 2.45) is 5.84 Å². The lowest BCUT2D eigenvalue weighted by molar-refractivity contribution is 0.0956. The van der Waals surface area contributed by atoms with E-state index in [9.17, 15) is 9.18 Å². The molecule has 7 heteroatoms. The fourth-order valence-corrected chi connectivity index (χ4v) is 4.66. The fourth-order valence-electron chi connectivity index (χ4n) is 2.55. The molecule has 1 aliphatic rings. The van der Waals surface area contributed by atoms with E-state index in [4.69, 9.17) is 5.84 Å². The minimum Gasteiger partial charge on any atom is -0.297 e. The van der Waals surface area contributed by atoms with Crippen molar-refractivity contribution in [2.45, 2.75) is 6.54 Å². The molecule has 0 bridgehead atoms. The van der Waals surface area contributed by atoms with Gasteiger partial charge in [0.1, 0.15) is 5.82 Å². The number of hydrazine groups is 1. The van der Waals surface area contributed by atoms with Gasteiger partial charge in [-0.1, -0.05) is 6.07 Å². The number of amides is 1. The number of thiophene rings is 1. The largest absolute Gasteiger partial charge is 0.297 e. The van der Waals surface area contributed by atoms with Gasteiger partial charge in [-0.3, -0.25) is 15.1 Å². The van der Waals surface area contributed by atoms with Gasteiger partial charge in [-0.2, -0.15) is 11.8 Å². The standard InChI is InChI=1S/C14H16FN3OS2/c15-10-2-1-3-11-12(10)9(13(21-11)14(19)17-16)8-18-4-6-20-7-5-18/h1-3H,4-8,16H2,(H,17,19). The van der Waals surface area contributed by atoms with Gasteiger partial charge in [0.05, 0.1) is 4.88 Å². The van der Waals surface area contributed by atoms with Crippen LogP contribution in [0.25, 0.3) is 10.1 Å². The Hall–Kier alpha value is -1.15. The average molecular weight is 325 g/mol. The van der Waals surface area contributed by atoms with E-state index in [0.29, 0.717) is 16.8 Å². The van der Waals surface area contributed by atoms with Gasteiger partial charge in [-0.15, -0.1) is 11.3 Å². The number of nitrogen functional groups attached to an aromatic ring is 1. The van der Waals surface area contributed by atoms with Crippen LogP contribution in [-0.2, 0) is 6.54 Å². The Morgan fingerprint density at radius 3 is 2.86 bits per heavy atom. The second-order valence-electron chi connectivity index (χ2n) is 4.88. The summed E-state index contributed by atoms with van der Waals surface area (Å²) in [5, 5.41) is 0.555. The van der Waals surface area contributed by atoms with Crippen LogP contribution in [0.3, 0.4) is 0 Å². The highest BCUT2D eigenvalue weighted by Crippen LogP contribution is 2.34. The minimum atomic E-state index is -0.350. The van der Waals surface area contributed by atoms with Gasteiger partial charge in [0.15, 0.2) is 0 Å². The predicted molar refractivity (Wildman–Crippen MR) is 86.0 cm³/mol. The lowest BCUT2D eigenvalue weighted by Crippen LogP contribution is -2.34. The molecular weight excluding hydrogens is 309 g/mol. The first-order chi connectivity index (χ1) is 10.2. The van der Waals surface area contributed by atoms with Crippen molar-refractivity contribution in [2.75, 3.05) is 24.6 Å². The molecule has 0 radical (unpaired) electrons. The predicted octanol–water partition coefficient (Wildman–Crippen LogP) is 2.19. The Morgan fingerprint density at radius 2 is 2.14 bits per heavy atom. The van der Waals surface area contributed by atoms with Gasteiger partial charge in [0.25, 0.3) is 5.91 Å². The fraction of sp³-hybridized carbons (Fsp3) is 0.357. The Labute approximate surface area is 130 Å². The van der Waals surface area contributed by atoms with Crippen LogP contribution in [0.5, 0.6) is 0 Å². The molecule has 112 valence electrons. The number of nitrogens with zero attached hydrogens (tertiary/aromatic N) is 1. The number of nitrogens with one attached hydrogen (secondary N) is 1. The normalized spacial score (nSPS) is 16.3. The molecule has 1 amide bonds. The number of hydrogen-bond donors (Lipinski definition) is 2. The molecular formula is C14H16FN3OS2. The second kappa shape index (κ2) is 6.31. The minimum absolute atomic E-state index is 0.277. The molecule has 0 aliphatic carbocycles. The zero-order chi connectivity index (χ0) is 14.8. The van der Waals surface area contributed by atoms with Crippen LogP contribution in [0.2, 0.25) is 0 Å². The molecule has 0 unspecified atom stereocenters. The van der Waals surface area contributed by atoms with Gasteiger partial charge in [0.2, 0.25) is 0 Å². The molecule has 1 aromatic heterocycles. The molecule has 1 saturated heterocycles. The highest BCUT2D eigenvalue weighted by atomic mass is 32.2. The van der Waals surface area contributed by atoms with Crippen molar-refractivity contribution in [1.29, 1.82) is 0 Å². The molecule has 0 saturated carbocycles. The zero-order valence-electron chi connectivity index (χ0n) is 11.4. The number of carbonyl (C=O) groups is 1. The Kier molecular flexibility index (Phi) is 4.44. The quantitative estimate of drug-likeness (QED) is 0.516. The van der Waals surface area contributed by atoms with Crippen LogP contribution in [0.4, 0.5) is 4.39 Å². The van der Waals surface area contributed by atoms with Crippen LogP contribution in [0, 0.1) is 5.82 Å². The van der Waals surface area contributed by atoms with E-state index in [1.54, 1.807) is 6.07 Å². The smallest absolute Gasteiger partial charge is 0.275 e. The first-order valence-corrected chi connectivity index (χ1v) is 8.68. The van der Waals surface area contributed by atoms with E-state index in [0.717, 1.165) is 34.9 Å². The summed E-state index contributed by atoms with van der Waals surface area (Å²) in [5.41, 5.74) is 2.92. The topological polar surface area (TPSA) is 58.4 Å². The van der Waals surface area contributed by atoms with Crippen molar-refractivity contribution >= 4 is 39.1 Å². The molecule has 21 heavy (non-hydrogen) atoms. The van der Waals surface area contributed by atoms with E-state index in [1.807, 2.05) is 17.8 Å². The third-order valence-corrected chi connectivity index (χ3v) is 5.72. The van der Waals surface area contributed by atoms with Crippen molar-refractivity contribution in [3.05, 3.63) is 34.5 Å². The van der Waals surface area contributed by atoms with E-state index in [-0.39, 0.29) is 11.7 Å². The highest BCUT2D eigenvalue weighted by Gasteiger charge is 2.22. The van der Waals surface area contributed by atoms with Crippen LogP contribution < -0.4 is 11.3 Å². The number of benzene rings is 1. The summed E-state index contributed by atoms with van der Waals surface area (Å²) < 4.78 is 15.0. The molecule has 3 rings (SSSR count). The van der Waals surface area contributed by atoms with Crippen molar-refractivity contribution in [3.63, 3.8) is 0 Å². The first kappa shape index (κ1) is 14.8. The summed E-state index contributed by atoms with van der Waals surface area (Å²) in [6.45, 7) is 2.50. The maximum Gasteiger partial charge on any atom is 0.275 e. The van der Waals surface area contributed by atoms with E-state index < -0.39 is 0 Å². The Morgan fingerprint density at radius 1 is 1.38 bits per heavy atom. The number of carbonyl (C=O) groups excluding carboxylic acids is 1. The van der Waals surface area contributed by atoms with Crippen molar-refractivity contribution in [1.82, 2.24) is 10.3 Å². The lowest BCUT2D eigenvalue weighted by atomic mass is 10.1. The molecule has 2 aromatic rings. The highest BCUT2D eigenvalue weighted by molar-refractivity contribution is 7.99.